The summed E-state index contributed by atoms with van der Waals surface area (Å²) < 4.78 is 4.85. The number of ether oxygens (including phenoxy) is 1. The van der Waals surface area contributed by atoms with Gasteiger partial charge in [0.2, 0.25) is 11.8 Å². The number of hydrogen-bond acceptors (Lipinski definition) is 6. The third-order valence-electron chi connectivity index (χ3n) is 7.31. The molecule has 1 unspecified atom stereocenters. The molecule has 0 aliphatic carbocycles. The molecule has 1 N–H and O–H groups in total. The number of carbonyl (C=O) groups is 3. The molecule has 2 fully saturated rings. The van der Waals surface area contributed by atoms with Crippen LogP contribution in [-0.4, -0.2) is 81.1 Å². The van der Waals surface area contributed by atoms with Crippen LogP contribution in [0.2, 0.25) is 0 Å². The molecule has 0 saturated carbocycles. The van der Waals surface area contributed by atoms with Gasteiger partial charge in [-0.05, 0) is 52.4 Å². The predicted octanol–water partition coefficient (Wildman–Crippen LogP) is 2.54. The Kier molecular flexibility index (Phi) is 7.53. The van der Waals surface area contributed by atoms with Crippen LogP contribution in [-0.2, 0) is 19.1 Å². The maximum atomic E-state index is 13.9. The monoisotopic (exact) mass is 476 g/mol. The molecule has 2 saturated heterocycles. The van der Waals surface area contributed by atoms with Crippen molar-refractivity contribution in [2.24, 2.45) is 11.8 Å². The van der Waals surface area contributed by atoms with Crippen molar-refractivity contribution in [3.63, 3.8) is 0 Å². The number of hydrogen-bond donors (Lipinski definition) is 1. The lowest BCUT2D eigenvalue weighted by Gasteiger charge is -2.36. The first-order chi connectivity index (χ1) is 15.9. The molecule has 0 radical (unpaired) electrons. The number of rotatable bonds is 6. The van der Waals surface area contributed by atoms with Gasteiger partial charge >= 0.3 is 5.97 Å². The average Bonchev–Trinajstić information content (AvgIpc) is 3.16. The minimum atomic E-state index is -0.776. The van der Waals surface area contributed by atoms with Gasteiger partial charge in [-0.3, -0.25) is 14.4 Å². The maximum Gasteiger partial charge on any atom is 0.311 e. The molecule has 7 nitrogen and oxygen atoms in total. The number of allylic oxidation sites excluding steroid dienone is 1. The molecule has 4 aliphatic rings. The first-order valence-electron chi connectivity index (χ1n) is 12.3. The fourth-order valence-corrected chi connectivity index (χ4v) is 7.71. The Hall–Kier alpha value is -1.80. The van der Waals surface area contributed by atoms with Crippen molar-refractivity contribution in [3.8, 4) is 0 Å². The molecule has 0 aromatic carbocycles. The van der Waals surface area contributed by atoms with E-state index >= 15 is 0 Å². The summed E-state index contributed by atoms with van der Waals surface area (Å²) in [6, 6.07) is -0.617. The van der Waals surface area contributed by atoms with Crippen LogP contribution in [0.3, 0.4) is 0 Å². The lowest BCUT2D eigenvalue weighted by atomic mass is 9.78. The Labute approximate surface area is 200 Å². The van der Waals surface area contributed by atoms with Gasteiger partial charge < -0.3 is 19.6 Å². The third-order valence-corrected chi connectivity index (χ3v) is 9.06. The van der Waals surface area contributed by atoms with Gasteiger partial charge in [-0.1, -0.05) is 24.3 Å². The van der Waals surface area contributed by atoms with E-state index < -0.39 is 22.6 Å². The SMILES string of the molecule is CC(C)N1CC=C[C@]23S[C@H]4/C=C\CCCCOC(=O)[C@H]4[C@H]2C(=O)N(CCCCCO)C3C1=O. The highest BCUT2D eigenvalue weighted by atomic mass is 32.2. The topological polar surface area (TPSA) is 87.2 Å². The molecular formula is C25H36N2O5S. The number of fused-ring (bicyclic) bond motifs is 2. The van der Waals surface area contributed by atoms with Crippen molar-refractivity contribution in [1.29, 1.82) is 0 Å². The van der Waals surface area contributed by atoms with Crippen molar-refractivity contribution >= 4 is 29.5 Å². The lowest BCUT2D eigenvalue weighted by molar-refractivity contribution is -0.153. The molecule has 5 atom stereocenters. The third kappa shape index (κ3) is 4.36. The summed E-state index contributed by atoms with van der Waals surface area (Å²) in [4.78, 5) is 44.6. The van der Waals surface area contributed by atoms with Gasteiger partial charge in [0, 0.05) is 31.0 Å². The second-order valence-corrected chi connectivity index (χ2v) is 11.2. The number of likely N-dealkylation sites (tertiary alicyclic amines) is 1. The number of esters is 1. The summed E-state index contributed by atoms with van der Waals surface area (Å²) in [5.74, 6) is -1.68. The number of cyclic esters (lactones) is 1. The molecule has 0 aromatic rings. The highest BCUT2D eigenvalue weighted by molar-refractivity contribution is 8.02. The van der Waals surface area contributed by atoms with Gasteiger partial charge in [0.25, 0.3) is 0 Å². The maximum absolute atomic E-state index is 13.9. The number of aliphatic hydroxyl groups excluding tert-OH is 1. The minimum Gasteiger partial charge on any atom is -0.465 e. The van der Waals surface area contributed by atoms with Gasteiger partial charge in [-0.2, -0.15) is 0 Å². The Morgan fingerprint density at radius 1 is 1.15 bits per heavy atom. The minimum absolute atomic E-state index is 0.0136. The average molecular weight is 477 g/mol. The fourth-order valence-electron chi connectivity index (χ4n) is 5.71. The first-order valence-corrected chi connectivity index (χ1v) is 13.2. The first kappa shape index (κ1) is 24.3. The second-order valence-electron chi connectivity index (χ2n) is 9.74. The van der Waals surface area contributed by atoms with E-state index in [1.54, 1.807) is 16.7 Å². The number of carbonyl (C=O) groups excluding carboxylic acids is 3. The number of amides is 2. The molecule has 182 valence electrons. The van der Waals surface area contributed by atoms with E-state index in [-0.39, 0.29) is 35.7 Å². The zero-order chi connectivity index (χ0) is 23.6. The summed E-state index contributed by atoms with van der Waals surface area (Å²) in [5.41, 5.74) is 0. The van der Waals surface area contributed by atoms with Gasteiger partial charge in [0.15, 0.2) is 0 Å². The van der Waals surface area contributed by atoms with E-state index in [1.807, 2.05) is 30.9 Å². The Balaban J connectivity index is 1.75. The van der Waals surface area contributed by atoms with Crippen LogP contribution in [0.4, 0.5) is 0 Å². The van der Waals surface area contributed by atoms with E-state index in [0.717, 1.165) is 25.7 Å². The summed E-state index contributed by atoms with van der Waals surface area (Å²) in [7, 11) is 0. The smallest absolute Gasteiger partial charge is 0.311 e. The van der Waals surface area contributed by atoms with Crippen LogP contribution < -0.4 is 0 Å². The van der Waals surface area contributed by atoms with Crippen molar-refractivity contribution < 1.29 is 24.2 Å². The van der Waals surface area contributed by atoms with Crippen LogP contribution in [0, 0.1) is 11.8 Å². The molecular weight excluding hydrogens is 440 g/mol. The Morgan fingerprint density at radius 3 is 2.73 bits per heavy atom. The van der Waals surface area contributed by atoms with Crippen LogP contribution in [0.25, 0.3) is 0 Å². The van der Waals surface area contributed by atoms with Crippen molar-refractivity contribution in [2.75, 3.05) is 26.3 Å². The molecule has 33 heavy (non-hydrogen) atoms. The van der Waals surface area contributed by atoms with Crippen LogP contribution in [0.15, 0.2) is 24.3 Å². The van der Waals surface area contributed by atoms with E-state index in [9.17, 15) is 14.4 Å². The zero-order valence-electron chi connectivity index (χ0n) is 19.7. The number of thioether (sulfide) groups is 1. The largest absolute Gasteiger partial charge is 0.465 e. The number of nitrogens with zero attached hydrogens (tertiary/aromatic N) is 2. The highest BCUT2D eigenvalue weighted by Crippen LogP contribution is 2.60. The van der Waals surface area contributed by atoms with Crippen molar-refractivity contribution in [1.82, 2.24) is 9.80 Å². The van der Waals surface area contributed by atoms with Gasteiger partial charge in [0.05, 0.1) is 23.2 Å². The van der Waals surface area contributed by atoms with Gasteiger partial charge in [-0.25, -0.2) is 0 Å². The van der Waals surface area contributed by atoms with Gasteiger partial charge in [-0.15, -0.1) is 11.8 Å². The Bertz CT molecular complexity index is 828. The van der Waals surface area contributed by atoms with Crippen LogP contribution in [0.1, 0.15) is 52.4 Å². The van der Waals surface area contributed by atoms with E-state index in [2.05, 4.69) is 12.2 Å². The second kappa shape index (κ2) is 10.2. The molecule has 0 aromatic heterocycles. The molecule has 4 aliphatic heterocycles. The Morgan fingerprint density at radius 2 is 1.97 bits per heavy atom. The lowest BCUT2D eigenvalue weighted by Crippen LogP contribution is -2.54. The number of unbranched alkanes of at least 4 members (excludes halogenated alkanes) is 2. The molecule has 4 rings (SSSR count). The van der Waals surface area contributed by atoms with Crippen LogP contribution in [0.5, 0.6) is 0 Å². The van der Waals surface area contributed by atoms with Crippen molar-refractivity contribution in [2.45, 2.75) is 74.5 Å². The molecule has 0 bridgehead atoms. The summed E-state index contributed by atoms with van der Waals surface area (Å²) in [6.45, 7) is 5.43. The van der Waals surface area contributed by atoms with Gasteiger partial charge in [0.1, 0.15) is 6.04 Å². The zero-order valence-corrected chi connectivity index (χ0v) is 20.5. The predicted molar refractivity (Wildman–Crippen MR) is 127 cm³/mol. The normalized spacial score (nSPS) is 35.2. The van der Waals surface area contributed by atoms with E-state index in [0.29, 0.717) is 32.5 Å². The fraction of sp³-hybridized carbons (Fsp3) is 0.720. The molecule has 8 heteroatoms. The standard InChI is InChI=1S/C25H36N2O5S/c1-17(2)26-14-10-12-25-20(19-18(33-25)11-6-3-4-9-16-32-24(19)31)22(29)27(21(25)23(26)30)13-7-5-8-15-28/h6,10-12,17-21,28H,3-5,7-9,13-16H2,1-2H3/b11-6-/t18-,19+,20-,21?,25-/m0/s1. The summed E-state index contributed by atoms with van der Waals surface area (Å²) >= 11 is 1.60. The van der Waals surface area contributed by atoms with E-state index in [1.165, 1.54) is 0 Å². The quantitative estimate of drug-likeness (QED) is 0.360. The summed E-state index contributed by atoms with van der Waals surface area (Å²) in [5, 5.41) is 8.95. The number of aliphatic hydroxyl groups is 1. The molecule has 2 amide bonds. The summed E-state index contributed by atoms with van der Waals surface area (Å²) in [6.07, 6.45) is 13.1. The molecule has 4 heterocycles. The highest BCUT2D eigenvalue weighted by Gasteiger charge is 2.70. The molecule has 1 spiro atoms. The van der Waals surface area contributed by atoms with Crippen molar-refractivity contribution in [3.05, 3.63) is 24.3 Å². The van der Waals surface area contributed by atoms with E-state index in [4.69, 9.17) is 9.84 Å². The van der Waals surface area contributed by atoms with Crippen LogP contribution >= 0.6 is 11.8 Å².